The summed E-state index contributed by atoms with van der Waals surface area (Å²) in [5, 5.41) is 4.94. The third kappa shape index (κ3) is 2.89. The zero-order valence-corrected chi connectivity index (χ0v) is 15.4. The Kier molecular flexibility index (Phi) is 4.32. The van der Waals surface area contributed by atoms with Crippen molar-refractivity contribution in [2.45, 2.75) is 34.3 Å². The predicted molar refractivity (Wildman–Crippen MR) is 97.9 cm³/mol. The summed E-state index contributed by atoms with van der Waals surface area (Å²) in [4.78, 5) is 17.2. The van der Waals surface area contributed by atoms with Crippen LogP contribution >= 0.6 is 11.3 Å². The maximum atomic E-state index is 11.7. The molecular formula is C18H21N3O2S. The van der Waals surface area contributed by atoms with Gasteiger partial charge >= 0.3 is 0 Å². The summed E-state index contributed by atoms with van der Waals surface area (Å²) in [6.45, 7) is 7.98. The van der Waals surface area contributed by atoms with Crippen LogP contribution in [0.15, 0.2) is 18.2 Å². The molecule has 1 aromatic carbocycles. The molecule has 3 aromatic rings. The molecule has 6 heteroatoms. The van der Waals surface area contributed by atoms with Crippen LogP contribution in [0.3, 0.4) is 0 Å². The maximum Gasteiger partial charge on any atom is 0.221 e. The second-order valence-electron chi connectivity index (χ2n) is 5.92. The number of anilines is 1. The summed E-state index contributed by atoms with van der Waals surface area (Å²) in [5.74, 6) is 0.554. The number of aromatic nitrogens is 2. The first kappa shape index (κ1) is 16.5. The molecule has 0 radical (unpaired) electrons. The van der Waals surface area contributed by atoms with E-state index in [-0.39, 0.29) is 5.91 Å². The Hall–Kier alpha value is -2.34. The molecule has 0 spiro atoms. The molecule has 0 saturated heterocycles. The Bertz CT molecular complexity index is 924. The Morgan fingerprint density at radius 3 is 2.71 bits per heavy atom. The normalized spacial score (nSPS) is 11.0. The minimum atomic E-state index is -0.112. The first-order valence-electron chi connectivity index (χ1n) is 7.79. The number of para-hydroxylation sites is 1. The van der Waals surface area contributed by atoms with Crippen LogP contribution < -0.4 is 10.1 Å². The van der Waals surface area contributed by atoms with Crippen molar-refractivity contribution in [2.24, 2.45) is 7.05 Å². The summed E-state index contributed by atoms with van der Waals surface area (Å²) in [5.41, 5.74) is 3.92. The maximum absolute atomic E-state index is 11.7. The van der Waals surface area contributed by atoms with Gasteiger partial charge in [-0.2, -0.15) is 0 Å². The monoisotopic (exact) mass is 343 g/mol. The molecule has 0 atom stereocenters. The van der Waals surface area contributed by atoms with Gasteiger partial charge < -0.3 is 14.6 Å². The number of aryl methyl sites for hydroxylation is 4. The van der Waals surface area contributed by atoms with E-state index in [4.69, 9.17) is 4.74 Å². The van der Waals surface area contributed by atoms with E-state index in [9.17, 15) is 4.79 Å². The number of carbonyl (C=O) groups excluding carboxylic acids is 1. The summed E-state index contributed by atoms with van der Waals surface area (Å²) in [6.07, 6.45) is 0. The third-order valence-corrected chi connectivity index (χ3v) is 5.05. The van der Waals surface area contributed by atoms with Gasteiger partial charge in [0.2, 0.25) is 11.8 Å². The highest BCUT2D eigenvalue weighted by Crippen LogP contribution is 2.38. The molecule has 0 aliphatic rings. The average molecular weight is 343 g/mol. The fourth-order valence-corrected chi connectivity index (χ4v) is 3.85. The lowest BCUT2D eigenvalue weighted by atomic mass is 10.1. The molecule has 3 rings (SSSR count). The van der Waals surface area contributed by atoms with E-state index in [1.807, 2.05) is 37.6 Å². The number of amides is 1. The van der Waals surface area contributed by atoms with Crippen LogP contribution in [-0.2, 0) is 18.4 Å². The van der Waals surface area contributed by atoms with Crippen LogP contribution in [-0.4, -0.2) is 15.5 Å². The van der Waals surface area contributed by atoms with Crippen molar-refractivity contribution in [3.8, 4) is 5.88 Å². The molecule has 1 N–H and O–H groups in total. The van der Waals surface area contributed by atoms with Crippen molar-refractivity contribution in [1.29, 1.82) is 0 Å². The highest BCUT2D eigenvalue weighted by atomic mass is 32.1. The number of rotatable bonds is 4. The highest BCUT2D eigenvalue weighted by Gasteiger charge is 2.19. The molecule has 24 heavy (non-hydrogen) atoms. The number of thiazole rings is 1. The molecule has 5 nitrogen and oxygen atoms in total. The molecule has 0 aliphatic heterocycles. The Labute approximate surface area is 145 Å². The van der Waals surface area contributed by atoms with Crippen molar-refractivity contribution in [3.63, 3.8) is 0 Å². The van der Waals surface area contributed by atoms with Gasteiger partial charge in [0.05, 0.1) is 21.1 Å². The van der Waals surface area contributed by atoms with Gasteiger partial charge in [-0.3, -0.25) is 4.79 Å². The molecular weight excluding hydrogens is 322 g/mol. The van der Waals surface area contributed by atoms with Gasteiger partial charge in [-0.25, -0.2) is 4.98 Å². The fourth-order valence-electron chi connectivity index (χ4n) is 3.00. The first-order valence-corrected chi connectivity index (χ1v) is 8.61. The predicted octanol–water partition coefficient (Wildman–Crippen LogP) is 4.10. The van der Waals surface area contributed by atoms with Crippen LogP contribution in [0.4, 0.5) is 5.69 Å². The second kappa shape index (κ2) is 6.28. The number of fused-ring (bicyclic) bond motifs is 1. The lowest BCUT2D eigenvalue weighted by Gasteiger charge is -2.10. The molecule has 0 fully saturated rings. The Morgan fingerprint density at radius 1 is 1.33 bits per heavy atom. The lowest BCUT2D eigenvalue weighted by molar-refractivity contribution is -0.114. The van der Waals surface area contributed by atoms with E-state index in [0.717, 1.165) is 37.7 Å². The second-order valence-corrected chi connectivity index (χ2v) is 7.21. The number of hydrogen-bond acceptors (Lipinski definition) is 4. The van der Waals surface area contributed by atoms with Gasteiger partial charge in [0.15, 0.2) is 0 Å². The molecule has 1 amide bonds. The Balaban J connectivity index is 2.05. The topological polar surface area (TPSA) is 56.1 Å². The van der Waals surface area contributed by atoms with Gasteiger partial charge in [-0.1, -0.05) is 18.2 Å². The molecule has 0 unspecified atom stereocenters. The zero-order valence-electron chi connectivity index (χ0n) is 14.6. The summed E-state index contributed by atoms with van der Waals surface area (Å²) in [6, 6.07) is 6.05. The van der Waals surface area contributed by atoms with Gasteiger partial charge in [-0.05, 0) is 26.3 Å². The van der Waals surface area contributed by atoms with Crippen molar-refractivity contribution in [3.05, 3.63) is 39.3 Å². The van der Waals surface area contributed by atoms with Crippen LogP contribution in [0.1, 0.15) is 28.1 Å². The number of ether oxygens (including phenoxy) is 1. The number of nitrogens with zero attached hydrogens (tertiary/aromatic N) is 2. The van der Waals surface area contributed by atoms with Gasteiger partial charge in [0.25, 0.3) is 0 Å². The first-order chi connectivity index (χ1) is 11.4. The lowest BCUT2D eigenvalue weighted by Crippen LogP contribution is -2.08. The van der Waals surface area contributed by atoms with Crippen LogP contribution in [0.5, 0.6) is 5.88 Å². The molecule has 2 aromatic heterocycles. The van der Waals surface area contributed by atoms with E-state index in [2.05, 4.69) is 23.3 Å². The van der Waals surface area contributed by atoms with E-state index >= 15 is 0 Å². The van der Waals surface area contributed by atoms with Gasteiger partial charge in [-0.15, -0.1) is 11.3 Å². The van der Waals surface area contributed by atoms with Gasteiger partial charge in [0.1, 0.15) is 12.3 Å². The minimum Gasteiger partial charge on any atom is -0.472 e. The number of carbonyl (C=O) groups is 1. The van der Waals surface area contributed by atoms with E-state index in [1.54, 1.807) is 11.3 Å². The smallest absolute Gasteiger partial charge is 0.221 e. The molecule has 0 aliphatic carbocycles. The summed E-state index contributed by atoms with van der Waals surface area (Å²) < 4.78 is 8.11. The number of nitrogens with one attached hydrogen (secondary N) is 1. The number of hydrogen-bond donors (Lipinski definition) is 1. The molecule has 126 valence electrons. The fraction of sp³-hybridized carbons (Fsp3) is 0.333. The number of benzene rings is 1. The highest BCUT2D eigenvalue weighted by molar-refractivity contribution is 7.11. The van der Waals surface area contributed by atoms with E-state index < -0.39 is 0 Å². The van der Waals surface area contributed by atoms with Gasteiger partial charge in [0, 0.05) is 19.4 Å². The summed E-state index contributed by atoms with van der Waals surface area (Å²) >= 11 is 1.64. The third-order valence-electron chi connectivity index (χ3n) is 4.00. The SMILES string of the molecule is CC(=O)Nc1c(OCc2sc(C)nc2C)n(C)c2c(C)cccc12. The van der Waals surface area contributed by atoms with E-state index in [1.165, 1.54) is 6.92 Å². The quantitative estimate of drug-likeness (QED) is 0.776. The Morgan fingerprint density at radius 2 is 2.08 bits per heavy atom. The van der Waals surface area contributed by atoms with Crippen LogP contribution in [0, 0.1) is 20.8 Å². The average Bonchev–Trinajstić information content (AvgIpc) is 2.95. The molecule has 0 saturated carbocycles. The molecule has 2 heterocycles. The summed E-state index contributed by atoms with van der Waals surface area (Å²) in [7, 11) is 1.96. The van der Waals surface area contributed by atoms with Crippen molar-refractivity contribution in [1.82, 2.24) is 9.55 Å². The minimum absolute atomic E-state index is 0.112. The zero-order chi connectivity index (χ0) is 17.4. The van der Waals surface area contributed by atoms with Crippen molar-refractivity contribution in [2.75, 3.05) is 5.32 Å². The van der Waals surface area contributed by atoms with Crippen LogP contribution in [0.2, 0.25) is 0 Å². The molecule has 0 bridgehead atoms. The standard InChI is InChI=1S/C18H21N3O2S/c1-10-7-6-8-14-16(20-12(3)22)18(21(5)17(10)14)23-9-15-11(2)19-13(4)24-15/h6-8H,9H2,1-5H3,(H,20,22). The largest absolute Gasteiger partial charge is 0.472 e. The van der Waals surface area contributed by atoms with Crippen LogP contribution in [0.25, 0.3) is 10.9 Å². The van der Waals surface area contributed by atoms with E-state index in [0.29, 0.717) is 12.5 Å². The van der Waals surface area contributed by atoms with Crippen molar-refractivity contribution < 1.29 is 9.53 Å². The van der Waals surface area contributed by atoms with Crippen molar-refractivity contribution >= 4 is 33.8 Å².